The third-order valence-corrected chi connectivity index (χ3v) is 4.89. The van der Waals surface area contributed by atoms with E-state index in [0.717, 1.165) is 23.5 Å². The monoisotopic (exact) mass is 335 g/mol. The first kappa shape index (κ1) is 16.1. The Hall–Kier alpha value is -1.27. The van der Waals surface area contributed by atoms with Gasteiger partial charge >= 0.3 is 6.18 Å². The third kappa shape index (κ3) is 3.01. The van der Waals surface area contributed by atoms with Crippen molar-refractivity contribution >= 4 is 38.9 Å². The normalized spacial score (nSPS) is 12.2. The standard InChI is InChI=1S/C14H13ClF3NOS/c1-7(2)19(3)13(20)12-11(15)9-5-4-8(14(16,17)18)6-10(9)21-12/h4-7H,1-3H3. The third-order valence-electron chi connectivity index (χ3n) is 3.25. The maximum Gasteiger partial charge on any atom is 0.416 e. The number of hydrogen-bond donors (Lipinski definition) is 0. The van der Waals surface area contributed by atoms with Crippen molar-refractivity contribution in [3.05, 3.63) is 33.7 Å². The van der Waals surface area contributed by atoms with Gasteiger partial charge in [0.25, 0.3) is 5.91 Å². The summed E-state index contributed by atoms with van der Waals surface area (Å²) in [5.74, 6) is -0.287. The van der Waals surface area contributed by atoms with Crippen LogP contribution in [-0.4, -0.2) is 23.9 Å². The largest absolute Gasteiger partial charge is 0.416 e. The summed E-state index contributed by atoms with van der Waals surface area (Å²) < 4.78 is 38.5. The molecule has 2 aromatic rings. The molecule has 0 N–H and O–H groups in total. The molecule has 0 bridgehead atoms. The second-order valence-electron chi connectivity index (χ2n) is 4.96. The Labute approximate surface area is 129 Å². The average Bonchev–Trinajstić information content (AvgIpc) is 2.73. The highest BCUT2D eigenvalue weighted by atomic mass is 35.5. The molecule has 0 fully saturated rings. The summed E-state index contributed by atoms with van der Waals surface area (Å²) in [6.07, 6.45) is -4.41. The molecule has 114 valence electrons. The van der Waals surface area contributed by atoms with Crippen molar-refractivity contribution in [3.8, 4) is 0 Å². The van der Waals surface area contributed by atoms with Crippen molar-refractivity contribution in [1.82, 2.24) is 4.90 Å². The molecule has 0 spiro atoms. The van der Waals surface area contributed by atoms with E-state index in [-0.39, 0.29) is 21.8 Å². The Morgan fingerprint density at radius 1 is 1.33 bits per heavy atom. The van der Waals surface area contributed by atoms with Gasteiger partial charge in [0, 0.05) is 23.2 Å². The number of benzene rings is 1. The van der Waals surface area contributed by atoms with Gasteiger partial charge in [-0.05, 0) is 26.0 Å². The Kier molecular flexibility index (Phi) is 4.22. The van der Waals surface area contributed by atoms with E-state index in [0.29, 0.717) is 10.1 Å². The van der Waals surface area contributed by atoms with Gasteiger partial charge in [-0.1, -0.05) is 17.7 Å². The molecule has 2 rings (SSSR count). The molecule has 1 heterocycles. The maximum atomic E-state index is 12.7. The number of carbonyl (C=O) groups is 1. The molecule has 1 aromatic heterocycles. The van der Waals surface area contributed by atoms with Crippen molar-refractivity contribution < 1.29 is 18.0 Å². The Morgan fingerprint density at radius 3 is 2.48 bits per heavy atom. The van der Waals surface area contributed by atoms with Crippen LogP contribution in [0.3, 0.4) is 0 Å². The lowest BCUT2D eigenvalue weighted by atomic mass is 10.1. The number of halogens is 4. The lowest BCUT2D eigenvalue weighted by Gasteiger charge is -2.20. The van der Waals surface area contributed by atoms with Crippen LogP contribution >= 0.6 is 22.9 Å². The van der Waals surface area contributed by atoms with Gasteiger partial charge < -0.3 is 4.90 Å². The first-order valence-electron chi connectivity index (χ1n) is 6.19. The molecule has 0 unspecified atom stereocenters. The van der Waals surface area contributed by atoms with E-state index < -0.39 is 11.7 Å². The van der Waals surface area contributed by atoms with Crippen LogP contribution in [-0.2, 0) is 6.18 Å². The zero-order chi connectivity index (χ0) is 15.9. The molecule has 2 nitrogen and oxygen atoms in total. The second kappa shape index (κ2) is 5.50. The summed E-state index contributed by atoms with van der Waals surface area (Å²) >= 11 is 7.13. The molecule has 1 amide bonds. The summed E-state index contributed by atoms with van der Waals surface area (Å²) in [4.78, 5) is 14.1. The minimum Gasteiger partial charge on any atom is -0.339 e. The topological polar surface area (TPSA) is 20.3 Å². The van der Waals surface area contributed by atoms with Gasteiger partial charge in [0.15, 0.2) is 0 Å². The first-order chi connectivity index (χ1) is 9.62. The minimum atomic E-state index is -4.41. The van der Waals surface area contributed by atoms with Crippen LogP contribution in [0.25, 0.3) is 10.1 Å². The number of rotatable bonds is 2. The lowest BCUT2D eigenvalue weighted by Crippen LogP contribution is -2.32. The van der Waals surface area contributed by atoms with Crippen LogP contribution in [0.15, 0.2) is 18.2 Å². The number of alkyl halides is 3. The molecule has 21 heavy (non-hydrogen) atoms. The molecular formula is C14H13ClF3NOS. The number of fused-ring (bicyclic) bond motifs is 1. The highest BCUT2D eigenvalue weighted by Crippen LogP contribution is 2.39. The smallest absolute Gasteiger partial charge is 0.339 e. The van der Waals surface area contributed by atoms with E-state index in [9.17, 15) is 18.0 Å². The summed E-state index contributed by atoms with van der Waals surface area (Å²) in [6.45, 7) is 3.70. The predicted molar refractivity (Wildman–Crippen MR) is 79.1 cm³/mol. The number of thiophene rings is 1. The number of amides is 1. The van der Waals surface area contributed by atoms with Crippen molar-refractivity contribution in [2.45, 2.75) is 26.1 Å². The van der Waals surface area contributed by atoms with Crippen molar-refractivity contribution in [2.75, 3.05) is 7.05 Å². The average molecular weight is 336 g/mol. The fraction of sp³-hybridized carbons (Fsp3) is 0.357. The highest BCUT2D eigenvalue weighted by molar-refractivity contribution is 7.21. The molecule has 0 atom stereocenters. The van der Waals surface area contributed by atoms with Gasteiger partial charge in [0.1, 0.15) is 4.88 Å². The summed E-state index contributed by atoms with van der Waals surface area (Å²) in [7, 11) is 1.63. The van der Waals surface area contributed by atoms with Crippen LogP contribution in [0.5, 0.6) is 0 Å². The molecule has 7 heteroatoms. The molecule has 0 saturated heterocycles. The number of hydrogen-bond acceptors (Lipinski definition) is 2. The minimum absolute atomic E-state index is 0.0236. The fourth-order valence-corrected chi connectivity index (χ4v) is 3.31. The molecule has 0 aliphatic rings. The molecule has 1 aromatic carbocycles. The van der Waals surface area contributed by atoms with Crippen LogP contribution in [0.4, 0.5) is 13.2 Å². The Balaban J connectivity index is 2.53. The quantitative estimate of drug-likeness (QED) is 0.751. The van der Waals surface area contributed by atoms with E-state index >= 15 is 0 Å². The van der Waals surface area contributed by atoms with Gasteiger partial charge in [0.2, 0.25) is 0 Å². The molecular weight excluding hydrogens is 323 g/mol. The van der Waals surface area contributed by atoms with E-state index in [1.165, 1.54) is 11.0 Å². The van der Waals surface area contributed by atoms with Gasteiger partial charge in [-0.15, -0.1) is 11.3 Å². The molecule has 0 aliphatic heterocycles. The van der Waals surface area contributed by atoms with E-state index in [1.807, 2.05) is 13.8 Å². The van der Waals surface area contributed by atoms with E-state index in [4.69, 9.17) is 11.6 Å². The van der Waals surface area contributed by atoms with Crippen LogP contribution in [0, 0.1) is 0 Å². The van der Waals surface area contributed by atoms with Crippen LogP contribution in [0.1, 0.15) is 29.1 Å². The zero-order valence-electron chi connectivity index (χ0n) is 11.6. The fourth-order valence-electron chi connectivity index (χ4n) is 1.77. The SMILES string of the molecule is CC(C)N(C)C(=O)c1sc2cc(C(F)(F)F)ccc2c1Cl. The number of nitrogens with zero attached hydrogens (tertiary/aromatic N) is 1. The van der Waals surface area contributed by atoms with Crippen molar-refractivity contribution in [1.29, 1.82) is 0 Å². The van der Waals surface area contributed by atoms with Gasteiger partial charge in [-0.2, -0.15) is 13.2 Å². The van der Waals surface area contributed by atoms with Crippen LogP contribution in [0.2, 0.25) is 5.02 Å². The zero-order valence-corrected chi connectivity index (χ0v) is 13.2. The molecule has 0 saturated carbocycles. The second-order valence-corrected chi connectivity index (χ2v) is 6.39. The van der Waals surface area contributed by atoms with Crippen molar-refractivity contribution in [2.24, 2.45) is 0 Å². The van der Waals surface area contributed by atoms with E-state index in [2.05, 4.69) is 0 Å². The summed E-state index contributed by atoms with van der Waals surface area (Å²) in [5.41, 5.74) is -0.746. The van der Waals surface area contributed by atoms with Gasteiger partial charge in [-0.25, -0.2) is 0 Å². The summed E-state index contributed by atoms with van der Waals surface area (Å²) in [6, 6.07) is 3.28. The van der Waals surface area contributed by atoms with Crippen LogP contribution < -0.4 is 0 Å². The van der Waals surface area contributed by atoms with Crippen molar-refractivity contribution in [3.63, 3.8) is 0 Å². The maximum absolute atomic E-state index is 12.7. The van der Waals surface area contributed by atoms with Gasteiger partial charge in [0.05, 0.1) is 10.6 Å². The van der Waals surface area contributed by atoms with E-state index in [1.54, 1.807) is 7.05 Å². The molecule has 0 radical (unpaired) electrons. The lowest BCUT2D eigenvalue weighted by molar-refractivity contribution is -0.137. The Bertz CT molecular complexity index is 693. The number of carbonyl (C=O) groups excluding carboxylic acids is 1. The first-order valence-corrected chi connectivity index (χ1v) is 7.38. The summed E-state index contributed by atoms with van der Waals surface area (Å²) in [5, 5.41) is 0.677. The predicted octanol–water partition coefficient (Wildman–Crippen LogP) is 5.05. The Morgan fingerprint density at radius 2 is 1.95 bits per heavy atom. The highest BCUT2D eigenvalue weighted by Gasteiger charge is 2.31. The molecule has 0 aliphatic carbocycles. The van der Waals surface area contributed by atoms with Gasteiger partial charge in [-0.3, -0.25) is 4.79 Å².